The molecule has 0 amide bonds. The zero-order valence-electron chi connectivity index (χ0n) is 12.9. The van der Waals surface area contributed by atoms with Gasteiger partial charge in [-0.3, -0.25) is 4.98 Å². The molecule has 2 aromatic heterocycles. The number of nitrogens with zero attached hydrogens (tertiary/aromatic N) is 2. The van der Waals surface area contributed by atoms with Crippen LogP contribution in [0.3, 0.4) is 0 Å². The van der Waals surface area contributed by atoms with Crippen LogP contribution in [0.15, 0.2) is 33.8 Å². The van der Waals surface area contributed by atoms with Crippen LogP contribution in [0.25, 0.3) is 0 Å². The fraction of sp³-hybridized carbons (Fsp3) is 0.467. The molecule has 124 valence electrons. The molecule has 23 heavy (non-hydrogen) atoms. The van der Waals surface area contributed by atoms with Crippen LogP contribution >= 0.6 is 0 Å². The van der Waals surface area contributed by atoms with Crippen LogP contribution in [-0.4, -0.2) is 29.8 Å². The highest BCUT2D eigenvalue weighted by Crippen LogP contribution is 2.38. The molecule has 8 heteroatoms. The largest absolute Gasteiger partial charge is 0.393 e. The molecule has 1 fully saturated rings. The van der Waals surface area contributed by atoms with E-state index >= 15 is 0 Å². The number of pyridine rings is 1. The maximum atomic E-state index is 12.7. The maximum Gasteiger partial charge on any atom is 0.246 e. The third kappa shape index (κ3) is 3.15. The summed E-state index contributed by atoms with van der Waals surface area (Å²) in [6.07, 6.45) is 2.34. The molecule has 3 rings (SSSR count). The first-order valence-corrected chi connectivity index (χ1v) is 8.91. The number of nitrogens with one attached hydrogen (secondary N) is 1. The van der Waals surface area contributed by atoms with Gasteiger partial charge in [0.2, 0.25) is 10.0 Å². The second-order valence-corrected chi connectivity index (χ2v) is 7.54. The summed E-state index contributed by atoms with van der Waals surface area (Å²) in [5.74, 6) is 0.263. The van der Waals surface area contributed by atoms with Crippen molar-refractivity contribution in [3.8, 4) is 0 Å². The number of sulfonamides is 1. The minimum atomic E-state index is -3.79. The van der Waals surface area contributed by atoms with E-state index in [9.17, 15) is 13.5 Å². The van der Waals surface area contributed by atoms with Gasteiger partial charge < -0.3 is 9.63 Å². The number of aliphatic hydroxyl groups excluding tert-OH is 1. The summed E-state index contributed by atoms with van der Waals surface area (Å²) in [7, 11) is -3.79. The predicted octanol–water partition coefficient (Wildman–Crippen LogP) is 1.48. The van der Waals surface area contributed by atoms with Crippen molar-refractivity contribution in [3.05, 3.63) is 41.5 Å². The molecule has 0 bridgehead atoms. The minimum Gasteiger partial charge on any atom is -0.393 e. The Morgan fingerprint density at radius 3 is 2.61 bits per heavy atom. The average Bonchev–Trinajstić information content (AvgIpc) is 2.82. The molecule has 1 aliphatic rings. The molecule has 0 aliphatic heterocycles. The van der Waals surface area contributed by atoms with Crippen LogP contribution in [-0.2, 0) is 10.0 Å². The van der Waals surface area contributed by atoms with Crippen LogP contribution in [0.1, 0.15) is 36.0 Å². The van der Waals surface area contributed by atoms with E-state index in [-0.39, 0.29) is 22.7 Å². The van der Waals surface area contributed by atoms with E-state index in [1.807, 2.05) is 6.07 Å². The Labute approximate surface area is 134 Å². The summed E-state index contributed by atoms with van der Waals surface area (Å²) in [5, 5.41) is 13.3. The summed E-state index contributed by atoms with van der Waals surface area (Å²) in [4.78, 5) is 4.34. The van der Waals surface area contributed by atoms with Gasteiger partial charge >= 0.3 is 0 Å². The van der Waals surface area contributed by atoms with Gasteiger partial charge in [0.15, 0.2) is 5.76 Å². The highest BCUT2D eigenvalue weighted by atomic mass is 32.2. The topological polar surface area (TPSA) is 105 Å². The number of hydrogen-bond acceptors (Lipinski definition) is 6. The zero-order valence-corrected chi connectivity index (χ0v) is 13.7. The fourth-order valence-electron chi connectivity index (χ4n) is 2.94. The summed E-state index contributed by atoms with van der Waals surface area (Å²) in [6, 6.07) is 4.89. The second-order valence-electron chi connectivity index (χ2n) is 5.89. The van der Waals surface area contributed by atoms with E-state index < -0.39 is 16.1 Å². The van der Waals surface area contributed by atoms with Crippen LogP contribution < -0.4 is 4.72 Å². The lowest BCUT2D eigenvalue weighted by atomic mass is 9.76. The van der Waals surface area contributed by atoms with Gasteiger partial charge in [0, 0.05) is 6.20 Å². The molecule has 0 spiro atoms. The van der Waals surface area contributed by atoms with Crippen molar-refractivity contribution in [2.75, 3.05) is 0 Å². The van der Waals surface area contributed by atoms with Crippen LogP contribution in [0.5, 0.6) is 0 Å². The summed E-state index contributed by atoms with van der Waals surface area (Å²) in [6.45, 7) is 3.16. The first kappa shape index (κ1) is 16.1. The molecule has 0 saturated heterocycles. The van der Waals surface area contributed by atoms with Crippen molar-refractivity contribution < 1.29 is 18.0 Å². The molecule has 2 aromatic rings. The minimum absolute atomic E-state index is 0.00940. The molecule has 1 unspecified atom stereocenters. The van der Waals surface area contributed by atoms with Crippen LogP contribution in [0, 0.1) is 19.8 Å². The number of aliphatic hydroxyl groups is 1. The SMILES string of the molecule is Cc1noc(C)c1S(=O)(=O)NC(c1ccccn1)C1CC(O)C1. The van der Waals surface area contributed by atoms with Gasteiger partial charge in [-0.15, -0.1) is 0 Å². The summed E-state index contributed by atoms with van der Waals surface area (Å²) in [5.41, 5.74) is 0.961. The van der Waals surface area contributed by atoms with Gasteiger partial charge in [-0.1, -0.05) is 11.2 Å². The highest BCUT2D eigenvalue weighted by molar-refractivity contribution is 7.89. The summed E-state index contributed by atoms with van der Waals surface area (Å²) < 4.78 is 33.2. The van der Waals surface area contributed by atoms with Gasteiger partial charge in [-0.25, -0.2) is 13.1 Å². The lowest BCUT2D eigenvalue weighted by Gasteiger charge is -2.37. The van der Waals surface area contributed by atoms with E-state index in [0.29, 0.717) is 24.2 Å². The zero-order chi connectivity index (χ0) is 16.6. The molecule has 1 atom stereocenters. The molecule has 0 aromatic carbocycles. The number of aromatic nitrogens is 2. The lowest BCUT2D eigenvalue weighted by molar-refractivity contribution is 0.0273. The first-order chi connectivity index (χ1) is 10.9. The van der Waals surface area contributed by atoms with Crippen molar-refractivity contribution in [2.45, 2.75) is 43.7 Å². The van der Waals surface area contributed by atoms with Crippen LogP contribution in [0.2, 0.25) is 0 Å². The van der Waals surface area contributed by atoms with Crippen molar-refractivity contribution in [3.63, 3.8) is 0 Å². The maximum absolute atomic E-state index is 12.7. The third-order valence-corrected chi connectivity index (χ3v) is 5.83. The van der Waals surface area contributed by atoms with Crippen molar-refractivity contribution in [1.29, 1.82) is 0 Å². The first-order valence-electron chi connectivity index (χ1n) is 7.42. The molecule has 1 aliphatic carbocycles. The van der Waals surface area contributed by atoms with Crippen molar-refractivity contribution in [1.82, 2.24) is 14.9 Å². The van der Waals surface area contributed by atoms with Crippen LogP contribution in [0.4, 0.5) is 0 Å². The third-order valence-electron chi connectivity index (χ3n) is 4.15. The Balaban J connectivity index is 1.92. The second kappa shape index (κ2) is 6.03. The van der Waals surface area contributed by atoms with E-state index in [4.69, 9.17) is 4.52 Å². The number of hydrogen-bond donors (Lipinski definition) is 2. The van der Waals surface area contributed by atoms with E-state index in [1.54, 1.807) is 32.2 Å². The molecular formula is C15H19N3O4S. The Morgan fingerprint density at radius 1 is 1.35 bits per heavy atom. The van der Waals surface area contributed by atoms with E-state index in [2.05, 4.69) is 14.9 Å². The average molecular weight is 337 g/mol. The molecule has 0 radical (unpaired) electrons. The highest BCUT2D eigenvalue weighted by Gasteiger charge is 2.38. The van der Waals surface area contributed by atoms with Gasteiger partial charge in [-0.2, -0.15) is 0 Å². The number of rotatable bonds is 5. The van der Waals surface area contributed by atoms with E-state index in [1.165, 1.54) is 0 Å². The molecular weight excluding hydrogens is 318 g/mol. The molecule has 1 saturated carbocycles. The van der Waals surface area contributed by atoms with Crippen molar-refractivity contribution in [2.24, 2.45) is 5.92 Å². The van der Waals surface area contributed by atoms with Crippen molar-refractivity contribution >= 4 is 10.0 Å². The lowest BCUT2D eigenvalue weighted by Crippen LogP contribution is -2.41. The molecule has 7 nitrogen and oxygen atoms in total. The molecule has 2 N–H and O–H groups in total. The number of aryl methyl sites for hydroxylation is 2. The Hall–Kier alpha value is -1.77. The monoisotopic (exact) mass is 337 g/mol. The Bertz CT molecular complexity index is 763. The smallest absolute Gasteiger partial charge is 0.246 e. The quantitative estimate of drug-likeness (QED) is 0.856. The Morgan fingerprint density at radius 2 is 2.09 bits per heavy atom. The van der Waals surface area contributed by atoms with Gasteiger partial charge in [0.25, 0.3) is 0 Å². The van der Waals surface area contributed by atoms with Gasteiger partial charge in [0.05, 0.1) is 17.8 Å². The fourth-order valence-corrected chi connectivity index (χ4v) is 4.55. The predicted molar refractivity (Wildman–Crippen MR) is 82.0 cm³/mol. The standard InChI is InChI=1S/C15H19N3O4S/c1-9-15(10(2)22-17-9)23(20,21)18-14(11-7-12(19)8-11)13-5-3-4-6-16-13/h3-6,11-12,14,18-19H,7-8H2,1-2H3. The Kier molecular flexibility index (Phi) is 4.22. The summed E-state index contributed by atoms with van der Waals surface area (Å²) >= 11 is 0. The van der Waals surface area contributed by atoms with Gasteiger partial charge in [-0.05, 0) is 44.7 Å². The van der Waals surface area contributed by atoms with E-state index in [0.717, 1.165) is 0 Å². The van der Waals surface area contributed by atoms with Gasteiger partial charge in [0.1, 0.15) is 10.6 Å². The normalized spacial score (nSPS) is 22.6. The molecule has 2 heterocycles.